The van der Waals surface area contributed by atoms with E-state index in [0.717, 1.165) is 18.5 Å². The average Bonchev–Trinajstić information content (AvgIpc) is 2.54. The van der Waals surface area contributed by atoms with Crippen molar-refractivity contribution < 1.29 is 14.3 Å². The third kappa shape index (κ3) is 4.61. The Kier molecular flexibility index (Phi) is 6.44. The summed E-state index contributed by atoms with van der Waals surface area (Å²) in [5, 5.41) is 1.65. The molecule has 0 radical (unpaired) electrons. The maximum absolute atomic E-state index is 12.7. The third-order valence-electron chi connectivity index (χ3n) is 4.30. The van der Waals surface area contributed by atoms with Gasteiger partial charge >= 0.3 is 6.03 Å². The van der Waals surface area contributed by atoms with Crippen molar-refractivity contribution in [3.8, 4) is 0 Å². The molecule has 2 heterocycles. The zero-order valence-corrected chi connectivity index (χ0v) is 14.9. The minimum absolute atomic E-state index is 0.00650. The van der Waals surface area contributed by atoms with Crippen LogP contribution in [0, 0.1) is 5.92 Å². The Balaban J connectivity index is 1.99. The first-order valence-corrected chi connectivity index (χ1v) is 8.52. The lowest BCUT2D eigenvalue weighted by atomic mass is 10.0. The molecule has 3 amide bonds. The Labute approximate surface area is 143 Å². The molecule has 0 aromatic rings. The Hall–Kier alpha value is -1.80. The highest BCUT2D eigenvalue weighted by molar-refractivity contribution is 5.87. The molecule has 1 atom stereocenters. The molecule has 0 bridgehead atoms. The molecule has 2 aliphatic heterocycles. The zero-order valence-electron chi connectivity index (χ0n) is 14.9. The molecule has 2 saturated heterocycles. The molecule has 8 nitrogen and oxygen atoms in total. The second-order valence-electron chi connectivity index (χ2n) is 6.63. The quantitative estimate of drug-likeness (QED) is 0.782. The highest BCUT2D eigenvalue weighted by Gasteiger charge is 2.33. The summed E-state index contributed by atoms with van der Waals surface area (Å²) in [5.41, 5.74) is 6.78. The molecule has 0 aromatic heterocycles. The summed E-state index contributed by atoms with van der Waals surface area (Å²) >= 11 is 0. The summed E-state index contributed by atoms with van der Waals surface area (Å²) in [4.78, 5) is 28.7. The van der Waals surface area contributed by atoms with Crippen molar-refractivity contribution in [2.24, 2.45) is 5.92 Å². The first-order chi connectivity index (χ1) is 11.4. The van der Waals surface area contributed by atoms with Crippen LogP contribution in [0.3, 0.4) is 0 Å². The standard InChI is InChI=1S/C16H29N5O3/c1-12(2)14(15(22)18-21-7-5-6-13(3)17-21)19(4)16(23)20-8-10-24-11-9-20/h12,14,17H,3,5-11H2,1-2,4H3,(H,18,22). The van der Waals surface area contributed by atoms with Crippen LogP contribution in [0.25, 0.3) is 0 Å². The molecule has 24 heavy (non-hydrogen) atoms. The van der Waals surface area contributed by atoms with Gasteiger partial charge in [-0.2, -0.15) is 0 Å². The number of allylic oxidation sites excluding steroid dienone is 1. The molecule has 0 aromatic carbocycles. The Bertz CT molecular complexity index is 476. The van der Waals surface area contributed by atoms with E-state index in [0.29, 0.717) is 32.8 Å². The Morgan fingerprint density at radius 3 is 2.54 bits per heavy atom. The summed E-state index contributed by atoms with van der Waals surface area (Å²) in [6.45, 7) is 10.7. The van der Waals surface area contributed by atoms with E-state index in [4.69, 9.17) is 4.74 Å². The molecule has 1 unspecified atom stereocenters. The van der Waals surface area contributed by atoms with Crippen LogP contribution in [0.2, 0.25) is 0 Å². The lowest BCUT2D eigenvalue weighted by Crippen LogP contribution is -2.60. The maximum Gasteiger partial charge on any atom is 0.320 e. The van der Waals surface area contributed by atoms with Gasteiger partial charge in [-0.1, -0.05) is 20.4 Å². The number of hydrazine groups is 2. The van der Waals surface area contributed by atoms with Crippen LogP contribution in [0.1, 0.15) is 26.7 Å². The summed E-state index contributed by atoms with van der Waals surface area (Å²) in [7, 11) is 1.69. The molecule has 136 valence electrons. The minimum Gasteiger partial charge on any atom is -0.378 e. The van der Waals surface area contributed by atoms with E-state index in [9.17, 15) is 9.59 Å². The number of likely N-dealkylation sites (N-methyl/N-ethyl adjacent to an activating group) is 1. The number of carbonyl (C=O) groups excluding carboxylic acids is 2. The number of rotatable bonds is 4. The van der Waals surface area contributed by atoms with Crippen molar-refractivity contribution >= 4 is 11.9 Å². The highest BCUT2D eigenvalue weighted by atomic mass is 16.5. The summed E-state index contributed by atoms with van der Waals surface area (Å²) in [5.74, 6) is -0.204. The highest BCUT2D eigenvalue weighted by Crippen LogP contribution is 2.14. The number of urea groups is 1. The molecule has 2 aliphatic rings. The molecule has 2 N–H and O–H groups in total. The predicted octanol–water partition coefficient (Wildman–Crippen LogP) is 0.540. The van der Waals surface area contributed by atoms with E-state index >= 15 is 0 Å². The van der Waals surface area contributed by atoms with Crippen molar-refractivity contribution in [2.45, 2.75) is 32.7 Å². The monoisotopic (exact) mass is 339 g/mol. The van der Waals surface area contributed by atoms with Crippen LogP contribution in [0.15, 0.2) is 12.3 Å². The van der Waals surface area contributed by atoms with Gasteiger partial charge in [-0.05, 0) is 18.8 Å². The largest absolute Gasteiger partial charge is 0.378 e. The second-order valence-corrected chi connectivity index (χ2v) is 6.63. The fourth-order valence-corrected chi connectivity index (χ4v) is 3.06. The van der Waals surface area contributed by atoms with Crippen LogP contribution in [0.4, 0.5) is 4.79 Å². The third-order valence-corrected chi connectivity index (χ3v) is 4.30. The number of amides is 3. The van der Waals surface area contributed by atoms with E-state index in [-0.39, 0.29) is 17.9 Å². The van der Waals surface area contributed by atoms with Crippen molar-refractivity contribution in [1.82, 2.24) is 25.8 Å². The van der Waals surface area contributed by atoms with Gasteiger partial charge in [-0.3, -0.25) is 10.2 Å². The normalized spacial score (nSPS) is 20.5. The molecular weight excluding hydrogens is 310 g/mol. The van der Waals surface area contributed by atoms with Crippen molar-refractivity contribution in [3.63, 3.8) is 0 Å². The van der Waals surface area contributed by atoms with Gasteiger partial charge in [0.25, 0.3) is 5.91 Å². The minimum atomic E-state index is -0.544. The molecule has 2 rings (SSSR count). The fourth-order valence-electron chi connectivity index (χ4n) is 3.06. The van der Waals surface area contributed by atoms with Crippen LogP contribution in [-0.2, 0) is 9.53 Å². The average molecular weight is 339 g/mol. The fraction of sp³-hybridized carbons (Fsp3) is 0.750. The molecule has 0 aliphatic carbocycles. The maximum atomic E-state index is 12.7. The summed E-state index contributed by atoms with van der Waals surface area (Å²) in [6, 6.07) is -0.680. The van der Waals surface area contributed by atoms with Gasteiger partial charge in [0.2, 0.25) is 0 Å². The van der Waals surface area contributed by atoms with Crippen LogP contribution >= 0.6 is 0 Å². The topological polar surface area (TPSA) is 77.2 Å². The number of morpholine rings is 1. The lowest BCUT2D eigenvalue weighted by Gasteiger charge is -2.37. The summed E-state index contributed by atoms with van der Waals surface area (Å²) in [6.07, 6.45) is 1.83. The number of hydrogen-bond donors (Lipinski definition) is 2. The van der Waals surface area contributed by atoms with Crippen molar-refractivity contribution in [1.29, 1.82) is 0 Å². The number of hydrogen-bond acceptors (Lipinski definition) is 5. The number of nitrogens with zero attached hydrogens (tertiary/aromatic N) is 3. The van der Waals surface area contributed by atoms with Gasteiger partial charge in [0.1, 0.15) is 6.04 Å². The number of carbonyl (C=O) groups is 2. The lowest BCUT2D eigenvalue weighted by molar-refractivity contribution is -0.133. The van der Waals surface area contributed by atoms with Crippen LogP contribution in [0.5, 0.6) is 0 Å². The van der Waals surface area contributed by atoms with Gasteiger partial charge < -0.3 is 20.0 Å². The van der Waals surface area contributed by atoms with E-state index in [1.54, 1.807) is 17.1 Å². The number of nitrogens with one attached hydrogen (secondary N) is 2. The molecule has 2 fully saturated rings. The van der Waals surface area contributed by atoms with Crippen LogP contribution < -0.4 is 10.9 Å². The van der Waals surface area contributed by atoms with Gasteiger partial charge in [0, 0.05) is 32.4 Å². The SMILES string of the molecule is C=C1CCCN(NC(=O)C(C(C)C)N(C)C(=O)N2CCOCC2)N1. The smallest absolute Gasteiger partial charge is 0.320 e. The molecular formula is C16H29N5O3. The zero-order chi connectivity index (χ0) is 17.7. The van der Waals surface area contributed by atoms with E-state index in [1.807, 2.05) is 13.8 Å². The van der Waals surface area contributed by atoms with E-state index in [1.165, 1.54) is 4.90 Å². The molecule has 0 saturated carbocycles. The van der Waals surface area contributed by atoms with Gasteiger partial charge in [-0.15, -0.1) is 5.12 Å². The number of ether oxygens (including phenoxy) is 1. The van der Waals surface area contributed by atoms with Crippen molar-refractivity contribution in [2.75, 3.05) is 39.9 Å². The van der Waals surface area contributed by atoms with E-state index < -0.39 is 6.04 Å². The first kappa shape index (κ1) is 18.5. The Morgan fingerprint density at radius 2 is 1.96 bits per heavy atom. The molecule has 0 spiro atoms. The predicted molar refractivity (Wildman–Crippen MR) is 90.5 cm³/mol. The van der Waals surface area contributed by atoms with Gasteiger partial charge in [0.15, 0.2) is 0 Å². The van der Waals surface area contributed by atoms with E-state index in [2.05, 4.69) is 17.4 Å². The Morgan fingerprint density at radius 1 is 1.29 bits per heavy atom. The van der Waals surface area contributed by atoms with Gasteiger partial charge in [-0.25, -0.2) is 4.79 Å². The second kappa shape index (κ2) is 8.34. The summed E-state index contributed by atoms with van der Waals surface area (Å²) < 4.78 is 5.28. The van der Waals surface area contributed by atoms with Crippen molar-refractivity contribution in [3.05, 3.63) is 12.3 Å². The van der Waals surface area contributed by atoms with Gasteiger partial charge in [0.05, 0.1) is 13.2 Å². The van der Waals surface area contributed by atoms with Crippen LogP contribution in [-0.4, -0.2) is 72.8 Å². The molecule has 8 heteroatoms. The first-order valence-electron chi connectivity index (χ1n) is 8.52.